The standard InChI is InChI=1S/C27H31N7O6/c1-37-22-14-17-13-19(26(35)28-20(17)15-23(22)38-2)24(25-29-30-31-34(25)16-18-5-3-11-39-18)32-7-9-33(10-8-32)27(36)21-6-4-12-40-21/h4,6,12-15,18,24H,3,5,7-11,16H2,1-2H3,(H,28,35)/t18-,24-/m1/s1. The average Bonchev–Trinajstić information content (AvgIpc) is 3.77. The number of hydrogen-bond acceptors (Lipinski definition) is 10. The summed E-state index contributed by atoms with van der Waals surface area (Å²) in [5.74, 6) is 1.77. The molecule has 4 aromatic rings. The lowest BCUT2D eigenvalue weighted by Crippen LogP contribution is -2.50. The number of carbonyl (C=O) groups excluding carboxylic acids is 1. The van der Waals surface area contributed by atoms with Crippen molar-refractivity contribution in [2.75, 3.05) is 47.0 Å². The highest BCUT2D eigenvalue weighted by Gasteiger charge is 2.35. The molecule has 5 heterocycles. The van der Waals surface area contributed by atoms with E-state index in [2.05, 4.69) is 25.4 Å². The summed E-state index contributed by atoms with van der Waals surface area (Å²) in [5.41, 5.74) is 0.859. The summed E-state index contributed by atoms with van der Waals surface area (Å²) in [7, 11) is 3.12. The number of H-pyrrole nitrogens is 1. The first-order valence-corrected chi connectivity index (χ1v) is 13.3. The molecule has 40 heavy (non-hydrogen) atoms. The van der Waals surface area contributed by atoms with Crippen LogP contribution < -0.4 is 15.0 Å². The van der Waals surface area contributed by atoms with Gasteiger partial charge in [-0.15, -0.1) is 5.10 Å². The zero-order valence-corrected chi connectivity index (χ0v) is 22.4. The smallest absolute Gasteiger partial charge is 0.289 e. The van der Waals surface area contributed by atoms with Crippen molar-refractivity contribution in [1.29, 1.82) is 0 Å². The lowest BCUT2D eigenvalue weighted by molar-refractivity contribution is 0.0550. The second-order valence-electron chi connectivity index (χ2n) is 9.91. The van der Waals surface area contributed by atoms with E-state index < -0.39 is 6.04 Å². The molecule has 1 amide bonds. The van der Waals surface area contributed by atoms with Crippen LogP contribution in [0.3, 0.4) is 0 Å². The van der Waals surface area contributed by atoms with Gasteiger partial charge in [-0.2, -0.15) is 0 Å². The van der Waals surface area contributed by atoms with E-state index in [1.807, 2.05) is 12.1 Å². The van der Waals surface area contributed by atoms with Crippen LogP contribution in [-0.2, 0) is 11.3 Å². The minimum Gasteiger partial charge on any atom is -0.493 e. The van der Waals surface area contributed by atoms with E-state index in [0.29, 0.717) is 73.5 Å². The number of fused-ring (bicyclic) bond motifs is 1. The molecule has 2 atom stereocenters. The van der Waals surface area contributed by atoms with E-state index in [-0.39, 0.29) is 17.6 Å². The number of hydrogen-bond donors (Lipinski definition) is 1. The van der Waals surface area contributed by atoms with Crippen molar-refractivity contribution < 1.29 is 23.4 Å². The Morgan fingerprint density at radius 3 is 2.65 bits per heavy atom. The zero-order chi connectivity index (χ0) is 27.6. The van der Waals surface area contributed by atoms with Gasteiger partial charge in [0.05, 0.1) is 38.6 Å². The van der Waals surface area contributed by atoms with E-state index in [4.69, 9.17) is 18.6 Å². The second-order valence-corrected chi connectivity index (χ2v) is 9.91. The Kier molecular flexibility index (Phi) is 7.22. The van der Waals surface area contributed by atoms with Crippen LogP contribution in [-0.4, -0.2) is 94.0 Å². The first kappa shape index (κ1) is 26.0. The van der Waals surface area contributed by atoms with Gasteiger partial charge in [0.25, 0.3) is 11.5 Å². The molecule has 0 saturated carbocycles. The van der Waals surface area contributed by atoms with Crippen LogP contribution in [0.4, 0.5) is 0 Å². The number of amides is 1. The molecule has 0 unspecified atom stereocenters. The first-order chi connectivity index (χ1) is 19.6. The quantitative estimate of drug-likeness (QED) is 0.346. The monoisotopic (exact) mass is 549 g/mol. The van der Waals surface area contributed by atoms with Crippen molar-refractivity contribution >= 4 is 16.8 Å². The number of benzene rings is 1. The Bertz CT molecular complexity index is 1530. The van der Waals surface area contributed by atoms with Crippen LogP contribution in [0.25, 0.3) is 10.9 Å². The summed E-state index contributed by atoms with van der Waals surface area (Å²) in [6.45, 7) is 3.14. The molecule has 210 valence electrons. The maximum absolute atomic E-state index is 13.6. The molecule has 2 saturated heterocycles. The molecule has 6 rings (SSSR count). The summed E-state index contributed by atoms with van der Waals surface area (Å²) in [6.07, 6.45) is 3.42. The van der Waals surface area contributed by atoms with Gasteiger partial charge in [-0.25, -0.2) is 4.68 Å². The summed E-state index contributed by atoms with van der Waals surface area (Å²) in [5, 5.41) is 13.4. The van der Waals surface area contributed by atoms with Crippen molar-refractivity contribution in [3.63, 3.8) is 0 Å². The third kappa shape index (κ3) is 4.93. The Hall–Kier alpha value is -4.23. The zero-order valence-electron chi connectivity index (χ0n) is 22.4. The highest BCUT2D eigenvalue weighted by Crippen LogP contribution is 2.33. The predicted octanol–water partition coefficient (Wildman–Crippen LogP) is 1.85. The van der Waals surface area contributed by atoms with Crippen molar-refractivity contribution in [1.82, 2.24) is 35.0 Å². The number of piperazine rings is 1. The molecule has 2 aliphatic rings. The highest BCUT2D eigenvalue weighted by atomic mass is 16.5. The molecule has 2 aliphatic heterocycles. The lowest BCUT2D eigenvalue weighted by Gasteiger charge is -2.38. The van der Waals surface area contributed by atoms with Crippen molar-refractivity contribution in [3.8, 4) is 11.5 Å². The lowest BCUT2D eigenvalue weighted by atomic mass is 10.0. The summed E-state index contributed by atoms with van der Waals surface area (Å²) in [6, 6.07) is 8.23. The molecule has 0 bridgehead atoms. The number of aromatic amines is 1. The Morgan fingerprint density at radius 1 is 1.15 bits per heavy atom. The summed E-state index contributed by atoms with van der Waals surface area (Å²) in [4.78, 5) is 33.4. The number of pyridine rings is 1. The van der Waals surface area contributed by atoms with E-state index >= 15 is 0 Å². The summed E-state index contributed by atoms with van der Waals surface area (Å²) < 4.78 is 23.8. The molecular formula is C27H31N7O6. The van der Waals surface area contributed by atoms with Crippen LogP contribution in [0.1, 0.15) is 40.8 Å². The molecule has 13 heteroatoms. The van der Waals surface area contributed by atoms with Gasteiger partial charge in [-0.3, -0.25) is 14.5 Å². The minimum atomic E-state index is -0.557. The molecule has 0 spiro atoms. The van der Waals surface area contributed by atoms with Crippen molar-refractivity contribution in [2.45, 2.75) is 31.5 Å². The van der Waals surface area contributed by atoms with E-state index in [9.17, 15) is 9.59 Å². The van der Waals surface area contributed by atoms with E-state index in [1.165, 1.54) is 6.26 Å². The molecule has 1 N–H and O–H groups in total. The number of furan rings is 1. The average molecular weight is 550 g/mol. The third-order valence-corrected chi connectivity index (χ3v) is 7.58. The van der Waals surface area contributed by atoms with Gasteiger partial charge in [0.2, 0.25) is 0 Å². The van der Waals surface area contributed by atoms with Crippen molar-refractivity contribution in [2.24, 2.45) is 0 Å². The fourth-order valence-electron chi connectivity index (χ4n) is 5.51. The molecular weight excluding hydrogens is 518 g/mol. The van der Waals surface area contributed by atoms with Gasteiger partial charge in [-0.05, 0) is 47.5 Å². The normalized spacial score (nSPS) is 18.8. The molecule has 3 aromatic heterocycles. The molecule has 1 aromatic carbocycles. The number of methoxy groups -OCH3 is 2. The van der Waals surface area contributed by atoms with Crippen LogP contribution in [0, 0.1) is 0 Å². The van der Waals surface area contributed by atoms with Crippen LogP contribution in [0.2, 0.25) is 0 Å². The van der Waals surface area contributed by atoms with E-state index in [1.54, 1.807) is 42.0 Å². The second kappa shape index (κ2) is 11.1. The summed E-state index contributed by atoms with van der Waals surface area (Å²) >= 11 is 0. The van der Waals surface area contributed by atoms with Gasteiger partial charge in [0.1, 0.15) is 6.04 Å². The number of tetrazole rings is 1. The SMILES string of the molecule is COc1cc2cc([C@H](c3nnnn3C[C@H]3CCCO3)N3CCN(C(=O)c4ccco4)CC3)c(=O)[nH]c2cc1OC. The largest absolute Gasteiger partial charge is 0.493 e. The van der Waals surface area contributed by atoms with Gasteiger partial charge < -0.3 is 28.5 Å². The van der Waals surface area contributed by atoms with Crippen LogP contribution in [0.5, 0.6) is 11.5 Å². The number of nitrogens with zero attached hydrogens (tertiary/aromatic N) is 6. The molecule has 0 radical (unpaired) electrons. The Balaban J connectivity index is 1.37. The maximum Gasteiger partial charge on any atom is 0.289 e. The van der Waals surface area contributed by atoms with Gasteiger partial charge in [0, 0.05) is 49.8 Å². The number of rotatable bonds is 8. The number of carbonyl (C=O) groups is 1. The highest BCUT2D eigenvalue weighted by molar-refractivity contribution is 5.91. The molecule has 2 fully saturated rings. The van der Waals surface area contributed by atoms with Crippen LogP contribution >= 0.6 is 0 Å². The van der Waals surface area contributed by atoms with E-state index in [0.717, 1.165) is 18.2 Å². The first-order valence-electron chi connectivity index (χ1n) is 13.3. The topological polar surface area (TPSA) is 141 Å². The third-order valence-electron chi connectivity index (χ3n) is 7.58. The number of ether oxygens (including phenoxy) is 3. The Labute approximate surface area is 229 Å². The fourth-order valence-corrected chi connectivity index (χ4v) is 5.51. The van der Waals surface area contributed by atoms with Crippen molar-refractivity contribution in [3.05, 3.63) is 64.1 Å². The fraction of sp³-hybridized carbons (Fsp3) is 0.444. The molecule has 13 nitrogen and oxygen atoms in total. The van der Waals surface area contributed by atoms with Gasteiger partial charge in [0.15, 0.2) is 23.1 Å². The van der Waals surface area contributed by atoms with Gasteiger partial charge >= 0.3 is 0 Å². The number of nitrogens with one attached hydrogen (secondary N) is 1. The van der Waals surface area contributed by atoms with Gasteiger partial charge in [-0.1, -0.05) is 0 Å². The maximum atomic E-state index is 13.6. The predicted molar refractivity (Wildman–Crippen MR) is 142 cm³/mol. The number of aromatic nitrogens is 5. The Morgan fingerprint density at radius 2 is 1.95 bits per heavy atom. The van der Waals surface area contributed by atoms with Crippen LogP contribution in [0.15, 0.2) is 45.8 Å². The molecule has 0 aliphatic carbocycles. The minimum absolute atomic E-state index is 0.0114.